The molecule has 2 N–H and O–H groups in total. The van der Waals surface area contributed by atoms with E-state index in [0.717, 1.165) is 12.1 Å². The Bertz CT molecular complexity index is 357. The number of hydrogen-bond acceptors (Lipinski definition) is 4. The molecule has 1 aromatic heterocycles. The van der Waals surface area contributed by atoms with Gasteiger partial charge < -0.3 is 5.73 Å². The molecule has 1 atom stereocenters. The summed E-state index contributed by atoms with van der Waals surface area (Å²) in [5.41, 5.74) is 6.80. The van der Waals surface area contributed by atoms with Crippen molar-refractivity contribution < 1.29 is 0 Å². The van der Waals surface area contributed by atoms with E-state index in [1.54, 1.807) is 6.20 Å². The zero-order valence-corrected chi connectivity index (χ0v) is 11.1. The fourth-order valence-corrected chi connectivity index (χ4v) is 1.44. The summed E-state index contributed by atoms with van der Waals surface area (Å²) in [6.07, 6.45) is 2.21. The number of anilines is 1. The summed E-state index contributed by atoms with van der Waals surface area (Å²) >= 11 is 0. The van der Waals surface area contributed by atoms with Crippen LogP contribution in [0.15, 0.2) is 18.3 Å². The zero-order chi connectivity index (χ0) is 13.3. The summed E-state index contributed by atoms with van der Waals surface area (Å²) < 4.78 is 0. The van der Waals surface area contributed by atoms with Crippen LogP contribution in [0.3, 0.4) is 0 Å². The molecular weight excluding hydrogens is 212 g/mol. The second kappa shape index (κ2) is 8.54. The number of nitrogens with zero attached hydrogens (tertiary/aromatic N) is 3. The van der Waals surface area contributed by atoms with Crippen LogP contribution < -0.4 is 5.73 Å². The van der Waals surface area contributed by atoms with Crippen molar-refractivity contribution in [1.29, 1.82) is 5.26 Å². The van der Waals surface area contributed by atoms with Crippen molar-refractivity contribution in [3.05, 3.63) is 23.9 Å². The molecule has 1 heterocycles. The lowest BCUT2D eigenvalue weighted by Crippen LogP contribution is -2.24. The molecule has 0 spiro atoms. The zero-order valence-electron chi connectivity index (χ0n) is 11.1. The minimum absolute atomic E-state index is 0.187. The topological polar surface area (TPSA) is 65.9 Å². The summed E-state index contributed by atoms with van der Waals surface area (Å²) in [7, 11) is 1.98. The van der Waals surface area contributed by atoms with Gasteiger partial charge in [-0.3, -0.25) is 4.90 Å². The van der Waals surface area contributed by atoms with Crippen LogP contribution in [0.4, 0.5) is 5.82 Å². The highest BCUT2D eigenvalue weighted by Crippen LogP contribution is 2.22. The highest BCUT2D eigenvalue weighted by molar-refractivity contribution is 5.40. The predicted octanol–water partition coefficient (Wildman–Crippen LogP) is 2.60. The van der Waals surface area contributed by atoms with Crippen molar-refractivity contribution in [3.8, 4) is 6.07 Å². The van der Waals surface area contributed by atoms with Gasteiger partial charge in [0.05, 0.1) is 6.07 Å². The van der Waals surface area contributed by atoms with Crippen LogP contribution in [0.5, 0.6) is 0 Å². The van der Waals surface area contributed by atoms with Gasteiger partial charge in [0.25, 0.3) is 0 Å². The third-order valence-electron chi connectivity index (χ3n) is 2.56. The smallest absolute Gasteiger partial charge is 0.128 e. The molecule has 1 aromatic rings. The minimum atomic E-state index is 0.187. The average Bonchev–Trinajstić information content (AvgIpc) is 2.38. The predicted molar refractivity (Wildman–Crippen MR) is 71.3 cm³/mol. The number of rotatable bonds is 4. The molecule has 0 radical (unpaired) electrons. The van der Waals surface area contributed by atoms with Crippen molar-refractivity contribution >= 4 is 5.82 Å². The second-order valence-corrected chi connectivity index (χ2v) is 3.54. The Kier molecular flexibility index (Phi) is 7.74. The van der Waals surface area contributed by atoms with Crippen LogP contribution in [0.2, 0.25) is 0 Å². The van der Waals surface area contributed by atoms with E-state index < -0.39 is 0 Å². The lowest BCUT2D eigenvalue weighted by molar-refractivity contribution is 0.268. The maximum absolute atomic E-state index is 8.51. The third-order valence-corrected chi connectivity index (χ3v) is 2.56. The molecule has 0 bridgehead atoms. The molecule has 1 unspecified atom stereocenters. The normalized spacial score (nSPS) is 11.3. The summed E-state index contributed by atoms with van der Waals surface area (Å²) in [6, 6.07) is 6.16. The van der Waals surface area contributed by atoms with Gasteiger partial charge in [-0.15, -0.1) is 0 Å². The first-order chi connectivity index (χ1) is 8.16. The van der Waals surface area contributed by atoms with Crippen molar-refractivity contribution in [2.75, 3.05) is 19.3 Å². The first-order valence-electron chi connectivity index (χ1n) is 5.94. The molecule has 0 fully saturated rings. The number of nitrogen functional groups attached to an aromatic ring is 1. The van der Waals surface area contributed by atoms with Crippen LogP contribution in [0, 0.1) is 11.3 Å². The van der Waals surface area contributed by atoms with Crippen LogP contribution in [-0.4, -0.2) is 23.5 Å². The second-order valence-electron chi connectivity index (χ2n) is 3.54. The van der Waals surface area contributed by atoms with E-state index in [0.29, 0.717) is 12.2 Å². The summed E-state index contributed by atoms with van der Waals surface area (Å²) in [6.45, 7) is 6.80. The van der Waals surface area contributed by atoms with Crippen LogP contribution in [0.1, 0.15) is 38.8 Å². The van der Waals surface area contributed by atoms with Gasteiger partial charge in [0.2, 0.25) is 0 Å². The standard InChI is InChI=1S/C11H16N4.C2H6/c1-9(15(2)8-4-6-12)10-5-3-7-14-11(10)13;1-2/h3,5,7,9H,4,8H2,1-2H3,(H2,13,14);1-2H3. The Labute approximate surface area is 104 Å². The molecule has 0 aliphatic rings. The van der Waals surface area contributed by atoms with Gasteiger partial charge >= 0.3 is 0 Å². The molecule has 4 heteroatoms. The molecule has 0 saturated carbocycles. The Morgan fingerprint density at radius 3 is 2.71 bits per heavy atom. The highest BCUT2D eigenvalue weighted by atomic mass is 15.1. The van der Waals surface area contributed by atoms with E-state index in [-0.39, 0.29) is 6.04 Å². The van der Waals surface area contributed by atoms with Crippen molar-refractivity contribution in [2.45, 2.75) is 33.2 Å². The SMILES string of the molecule is CC.CC(c1cccnc1N)N(C)CCC#N. The molecule has 17 heavy (non-hydrogen) atoms. The van der Waals surface area contributed by atoms with Gasteiger partial charge in [-0.25, -0.2) is 4.98 Å². The van der Waals surface area contributed by atoms with Gasteiger partial charge in [-0.2, -0.15) is 5.26 Å². The van der Waals surface area contributed by atoms with E-state index in [9.17, 15) is 0 Å². The van der Waals surface area contributed by atoms with Crippen molar-refractivity contribution in [1.82, 2.24) is 9.88 Å². The van der Waals surface area contributed by atoms with Crippen LogP contribution in [0.25, 0.3) is 0 Å². The van der Waals surface area contributed by atoms with E-state index in [2.05, 4.69) is 22.9 Å². The molecule has 94 valence electrons. The number of nitrogens with two attached hydrogens (primary N) is 1. The molecule has 0 aliphatic carbocycles. The number of pyridine rings is 1. The molecule has 0 saturated heterocycles. The molecule has 0 amide bonds. The van der Waals surface area contributed by atoms with Gasteiger partial charge in [0, 0.05) is 30.8 Å². The maximum Gasteiger partial charge on any atom is 0.128 e. The van der Waals surface area contributed by atoms with E-state index >= 15 is 0 Å². The summed E-state index contributed by atoms with van der Waals surface area (Å²) in [4.78, 5) is 6.14. The fourth-order valence-electron chi connectivity index (χ4n) is 1.44. The molecule has 4 nitrogen and oxygen atoms in total. The first kappa shape index (κ1) is 15.4. The summed E-state index contributed by atoms with van der Waals surface area (Å²) in [5.74, 6) is 0.564. The van der Waals surface area contributed by atoms with Crippen LogP contribution in [-0.2, 0) is 0 Å². The van der Waals surface area contributed by atoms with Gasteiger partial charge in [-0.1, -0.05) is 19.9 Å². The average molecular weight is 234 g/mol. The number of aromatic nitrogens is 1. The fraction of sp³-hybridized carbons (Fsp3) is 0.538. The molecule has 0 aromatic carbocycles. The monoisotopic (exact) mass is 234 g/mol. The van der Waals surface area contributed by atoms with Crippen molar-refractivity contribution in [3.63, 3.8) is 0 Å². The van der Waals surface area contributed by atoms with Crippen LogP contribution >= 0.6 is 0 Å². The Morgan fingerprint density at radius 1 is 1.53 bits per heavy atom. The lowest BCUT2D eigenvalue weighted by Gasteiger charge is -2.24. The highest BCUT2D eigenvalue weighted by Gasteiger charge is 2.13. The molecular formula is C13H22N4. The number of nitriles is 1. The quantitative estimate of drug-likeness (QED) is 0.869. The van der Waals surface area contributed by atoms with Gasteiger partial charge in [0.1, 0.15) is 5.82 Å². The Hall–Kier alpha value is -1.60. The van der Waals surface area contributed by atoms with E-state index in [1.165, 1.54) is 0 Å². The third kappa shape index (κ3) is 4.83. The lowest BCUT2D eigenvalue weighted by atomic mass is 10.1. The Morgan fingerprint density at radius 2 is 2.18 bits per heavy atom. The largest absolute Gasteiger partial charge is 0.383 e. The Balaban J connectivity index is 0.00000121. The summed E-state index contributed by atoms with van der Waals surface area (Å²) in [5, 5.41) is 8.51. The minimum Gasteiger partial charge on any atom is -0.383 e. The maximum atomic E-state index is 8.51. The number of hydrogen-bond donors (Lipinski definition) is 1. The molecule has 1 rings (SSSR count). The van der Waals surface area contributed by atoms with Crippen molar-refractivity contribution in [2.24, 2.45) is 0 Å². The first-order valence-corrected chi connectivity index (χ1v) is 5.94. The van der Waals surface area contributed by atoms with Gasteiger partial charge in [-0.05, 0) is 20.0 Å². The van der Waals surface area contributed by atoms with E-state index in [1.807, 2.05) is 33.0 Å². The van der Waals surface area contributed by atoms with Gasteiger partial charge in [0.15, 0.2) is 0 Å². The molecule has 0 aliphatic heterocycles. The van der Waals surface area contributed by atoms with E-state index in [4.69, 9.17) is 11.0 Å².